The summed E-state index contributed by atoms with van der Waals surface area (Å²) in [6.45, 7) is 4.66. The summed E-state index contributed by atoms with van der Waals surface area (Å²) in [5.74, 6) is -1.07. The molecule has 6 heteroatoms. The number of rotatable bonds is 5. The molecular weight excluding hydrogens is 336 g/mol. The molecule has 26 heavy (non-hydrogen) atoms. The molecule has 0 aromatic carbocycles. The van der Waals surface area contributed by atoms with Crippen LogP contribution in [-0.4, -0.2) is 41.1 Å². The van der Waals surface area contributed by atoms with Gasteiger partial charge in [-0.3, -0.25) is 4.79 Å². The minimum atomic E-state index is -1.13. The number of ether oxygens (including phenoxy) is 1. The number of aldehydes is 1. The largest absolute Gasteiger partial charge is 0.478 e. The quantitative estimate of drug-likeness (QED) is 0.442. The van der Waals surface area contributed by atoms with Crippen molar-refractivity contribution in [1.29, 1.82) is 0 Å². The predicted molar refractivity (Wildman–Crippen MR) is 93.1 cm³/mol. The van der Waals surface area contributed by atoms with Gasteiger partial charge in [-0.25, -0.2) is 9.59 Å². The van der Waals surface area contributed by atoms with Gasteiger partial charge in [-0.05, 0) is 61.0 Å². The van der Waals surface area contributed by atoms with Crippen LogP contribution in [0.3, 0.4) is 0 Å². The molecule has 2 fully saturated rings. The van der Waals surface area contributed by atoms with Crippen molar-refractivity contribution in [2.75, 3.05) is 6.61 Å². The number of cyclic esters (lactones) is 1. The predicted octanol–water partition coefficient (Wildman–Crippen LogP) is 2.26. The number of esters is 1. The Bertz CT molecular complexity index is 692. The van der Waals surface area contributed by atoms with Crippen LogP contribution >= 0.6 is 0 Å². The zero-order chi connectivity index (χ0) is 19.1. The van der Waals surface area contributed by atoms with Gasteiger partial charge in [0.1, 0.15) is 12.9 Å². The second kappa shape index (κ2) is 6.65. The van der Waals surface area contributed by atoms with Crippen molar-refractivity contribution in [3.63, 3.8) is 0 Å². The van der Waals surface area contributed by atoms with Gasteiger partial charge in [-0.1, -0.05) is 13.8 Å². The molecule has 3 rings (SSSR count). The molecule has 0 bridgehead atoms. The zero-order valence-electron chi connectivity index (χ0n) is 15.2. The van der Waals surface area contributed by atoms with Crippen LogP contribution in [0.15, 0.2) is 23.3 Å². The van der Waals surface area contributed by atoms with Gasteiger partial charge in [0, 0.05) is 17.1 Å². The van der Waals surface area contributed by atoms with Crippen LogP contribution in [0, 0.1) is 22.7 Å². The van der Waals surface area contributed by atoms with Crippen LogP contribution in [0.5, 0.6) is 0 Å². The standard InChI is InChI=1S/C20H26O6/c1-12-3-6-20-11-26-18(25)15(20)8-14(22)9-16(20)19(12,2)5-4-13(10-21)7-17(23)24/h7-8,10,12,14,16,22H,3-6,9,11H2,1-2H3,(H,23,24)/b13-7+. The average Bonchev–Trinajstić information content (AvgIpc) is 2.91. The summed E-state index contributed by atoms with van der Waals surface area (Å²) < 4.78 is 5.37. The molecule has 142 valence electrons. The minimum absolute atomic E-state index is 0.0536. The summed E-state index contributed by atoms with van der Waals surface area (Å²) >= 11 is 0. The Kier molecular flexibility index (Phi) is 4.82. The smallest absolute Gasteiger partial charge is 0.334 e. The van der Waals surface area contributed by atoms with E-state index in [2.05, 4.69) is 13.8 Å². The zero-order valence-corrected chi connectivity index (χ0v) is 15.2. The van der Waals surface area contributed by atoms with E-state index in [1.165, 1.54) is 0 Å². The molecule has 2 N–H and O–H groups in total. The highest BCUT2D eigenvalue weighted by Crippen LogP contribution is 2.63. The van der Waals surface area contributed by atoms with Crippen molar-refractivity contribution in [2.24, 2.45) is 22.7 Å². The van der Waals surface area contributed by atoms with Gasteiger partial charge in [0.05, 0.1) is 6.10 Å². The number of hydrogen-bond donors (Lipinski definition) is 2. The van der Waals surface area contributed by atoms with E-state index in [4.69, 9.17) is 9.84 Å². The van der Waals surface area contributed by atoms with Crippen molar-refractivity contribution in [3.8, 4) is 0 Å². The first-order valence-electron chi connectivity index (χ1n) is 9.19. The number of carbonyl (C=O) groups excluding carboxylic acids is 2. The highest BCUT2D eigenvalue weighted by Gasteiger charge is 2.61. The third-order valence-electron chi connectivity index (χ3n) is 7.08. The fourth-order valence-electron chi connectivity index (χ4n) is 5.39. The summed E-state index contributed by atoms with van der Waals surface area (Å²) in [6.07, 6.45) is 5.87. The summed E-state index contributed by atoms with van der Waals surface area (Å²) in [6, 6.07) is 0. The van der Waals surface area contributed by atoms with Gasteiger partial charge in [0.25, 0.3) is 0 Å². The Morgan fingerprint density at radius 2 is 2.19 bits per heavy atom. The SMILES string of the molecule is CC1CCC23COC(=O)C2=CC(O)CC3C1(C)CC/C(C=O)=C\C(=O)O. The van der Waals surface area contributed by atoms with Crippen molar-refractivity contribution in [2.45, 2.75) is 52.1 Å². The van der Waals surface area contributed by atoms with Gasteiger partial charge >= 0.3 is 11.9 Å². The highest BCUT2D eigenvalue weighted by molar-refractivity contribution is 5.93. The van der Waals surface area contributed by atoms with Crippen LogP contribution in [0.2, 0.25) is 0 Å². The maximum atomic E-state index is 12.2. The molecule has 1 saturated heterocycles. The Morgan fingerprint density at radius 1 is 1.46 bits per heavy atom. The Morgan fingerprint density at radius 3 is 2.85 bits per heavy atom. The fraction of sp³-hybridized carbons (Fsp3) is 0.650. The van der Waals surface area contributed by atoms with Crippen molar-refractivity contribution >= 4 is 18.2 Å². The monoisotopic (exact) mass is 362 g/mol. The number of allylic oxidation sites excluding steroid dienone is 1. The summed E-state index contributed by atoms with van der Waals surface area (Å²) in [5.41, 5.74) is 0.274. The van der Waals surface area contributed by atoms with Crippen LogP contribution in [0.4, 0.5) is 0 Å². The lowest BCUT2D eigenvalue weighted by Gasteiger charge is -2.57. The minimum Gasteiger partial charge on any atom is -0.478 e. The molecule has 0 radical (unpaired) electrons. The number of carbonyl (C=O) groups is 3. The first-order valence-corrected chi connectivity index (χ1v) is 9.19. The topological polar surface area (TPSA) is 101 Å². The summed E-state index contributed by atoms with van der Waals surface area (Å²) in [5, 5.41) is 19.3. The molecule has 5 atom stereocenters. The normalized spacial score (nSPS) is 39.5. The van der Waals surface area contributed by atoms with E-state index in [1.54, 1.807) is 6.08 Å². The molecule has 0 amide bonds. The Balaban J connectivity index is 1.93. The summed E-state index contributed by atoms with van der Waals surface area (Å²) in [4.78, 5) is 34.3. The van der Waals surface area contributed by atoms with Crippen LogP contribution in [0.25, 0.3) is 0 Å². The number of aliphatic carboxylic acids is 1. The molecule has 3 aliphatic rings. The highest BCUT2D eigenvalue weighted by atomic mass is 16.5. The molecule has 1 spiro atoms. The second-order valence-corrected chi connectivity index (χ2v) is 8.29. The van der Waals surface area contributed by atoms with Crippen molar-refractivity contribution in [3.05, 3.63) is 23.3 Å². The van der Waals surface area contributed by atoms with E-state index in [0.29, 0.717) is 43.6 Å². The molecule has 0 aromatic heterocycles. The van der Waals surface area contributed by atoms with Gasteiger partial charge in [0.2, 0.25) is 0 Å². The lowest BCUT2D eigenvalue weighted by molar-refractivity contribution is -0.135. The van der Waals surface area contributed by atoms with Crippen molar-refractivity contribution in [1.82, 2.24) is 0 Å². The first kappa shape index (κ1) is 18.8. The van der Waals surface area contributed by atoms with Gasteiger partial charge < -0.3 is 14.9 Å². The van der Waals surface area contributed by atoms with Crippen LogP contribution in [0.1, 0.15) is 46.0 Å². The first-order chi connectivity index (χ1) is 12.2. The molecular formula is C20H26O6. The lowest BCUT2D eigenvalue weighted by atomic mass is 9.46. The number of aliphatic hydroxyl groups is 1. The van der Waals surface area contributed by atoms with E-state index < -0.39 is 12.1 Å². The molecule has 6 nitrogen and oxygen atoms in total. The average molecular weight is 362 g/mol. The van der Waals surface area contributed by atoms with E-state index in [9.17, 15) is 19.5 Å². The molecule has 5 unspecified atom stereocenters. The van der Waals surface area contributed by atoms with E-state index in [0.717, 1.165) is 18.9 Å². The molecule has 2 aliphatic carbocycles. The number of aliphatic hydroxyl groups excluding tert-OH is 1. The number of carboxylic acids is 1. The fourth-order valence-corrected chi connectivity index (χ4v) is 5.39. The third kappa shape index (κ3) is 2.90. The van der Waals surface area contributed by atoms with Crippen LogP contribution in [-0.2, 0) is 19.1 Å². The van der Waals surface area contributed by atoms with E-state index >= 15 is 0 Å². The Hall–Kier alpha value is -1.95. The van der Waals surface area contributed by atoms with Gasteiger partial charge in [0.15, 0.2) is 0 Å². The van der Waals surface area contributed by atoms with Gasteiger partial charge in [-0.2, -0.15) is 0 Å². The maximum absolute atomic E-state index is 12.2. The van der Waals surface area contributed by atoms with Crippen LogP contribution < -0.4 is 0 Å². The van der Waals surface area contributed by atoms with Gasteiger partial charge in [-0.15, -0.1) is 0 Å². The second-order valence-electron chi connectivity index (χ2n) is 8.29. The lowest BCUT2D eigenvalue weighted by Crippen LogP contribution is -2.53. The number of carboxylic acid groups (broad SMARTS) is 1. The maximum Gasteiger partial charge on any atom is 0.334 e. The molecule has 1 heterocycles. The molecule has 1 saturated carbocycles. The third-order valence-corrected chi connectivity index (χ3v) is 7.08. The molecule has 1 aliphatic heterocycles. The summed E-state index contributed by atoms with van der Waals surface area (Å²) in [7, 11) is 0. The van der Waals surface area contributed by atoms with Crippen molar-refractivity contribution < 1.29 is 29.3 Å². The Labute approximate surface area is 152 Å². The van der Waals surface area contributed by atoms with E-state index in [1.807, 2.05) is 0 Å². The molecule has 0 aromatic rings. The number of hydrogen-bond acceptors (Lipinski definition) is 5. The van der Waals surface area contributed by atoms with E-state index in [-0.39, 0.29) is 28.3 Å².